The molecule has 0 spiro atoms. The highest BCUT2D eigenvalue weighted by Crippen LogP contribution is 2.27. The van der Waals surface area contributed by atoms with E-state index < -0.39 is 0 Å². The molecule has 1 aromatic rings. The smallest absolute Gasteiger partial charge is 0.0335 e. The third-order valence-corrected chi connectivity index (χ3v) is 5.48. The van der Waals surface area contributed by atoms with Crippen molar-refractivity contribution in [2.75, 3.05) is 19.6 Å². The molecule has 2 unspecified atom stereocenters. The van der Waals surface area contributed by atoms with Gasteiger partial charge in [0.1, 0.15) is 0 Å². The predicted molar refractivity (Wildman–Crippen MR) is 91.7 cm³/mol. The average molecular weight is 297 g/mol. The highest BCUT2D eigenvalue weighted by atomic mass is 32.1. The van der Waals surface area contributed by atoms with Crippen LogP contribution >= 0.6 is 11.3 Å². The molecule has 0 radical (unpaired) electrons. The van der Waals surface area contributed by atoms with Gasteiger partial charge in [0, 0.05) is 16.5 Å². The van der Waals surface area contributed by atoms with Crippen molar-refractivity contribution in [2.45, 2.75) is 65.5 Å². The summed E-state index contributed by atoms with van der Waals surface area (Å²) >= 11 is 1.88. The van der Waals surface area contributed by atoms with E-state index in [1.807, 2.05) is 11.3 Å². The van der Waals surface area contributed by atoms with Gasteiger partial charge >= 0.3 is 0 Å². The van der Waals surface area contributed by atoms with Gasteiger partial charge in [-0.2, -0.15) is 0 Å². The lowest BCUT2D eigenvalue weighted by Gasteiger charge is -2.46. The van der Waals surface area contributed by atoms with Gasteiger partial charge < -0.3 is 5.32 Å². The van der Waals surface area contributed by atoms with Crippen LogP contribution in [-0.2, 0) is 6.42 Å². The molecule has 0 fully saturated rings. The Kier molecular flexibility index (Phi) is 7.78. The quantitative estimate of drug-likeness (QED) is 0.697. The molecule has 0 saturated carbocycles. The van der Waals surface area contributed by atoms with Crippen molar-refractivity contribution in [3.05, 3.63) is 22.4 Å². The van der Waals surface area contributed by atoms with Gasteiger partial charge in [-0.25, -0.2) is 0 Å². The molecule has 0 saturated heterocycles. The summed E-state index contributed by atoms with van der Waals surface area (Å²) in [5.74, 6) is 0. The van der Waals surface area contributed by atoms with Crippen LogP contribution in [-0.4, -0.2) is 36.1 Å². The molecule has 1 aromatic heterocycles. The molecule has 0 aromatic carbocycles. The van der Waals surface area contributed by atoms with Crippen molar-refractivity contribution in [3.63, 3.8) is 0 Å². The summed E-state index contributed by atoms with van der Waals surface area (Å²) in [6.45, 7) is 14.9. The molecule has 0 aliphatic heterocycles. The summed E-state index contributed by atoms with van der Waals surface area (Å²) in [7, 11) is 0. The Hall–Kier alpha value is -0.380. The van der Waals surface area contributed by atoms with Crippen LogP contribution in [0.25, 0.3) is 0 Å². The maximum Gasteiger partial charge on any atom is 0.0335 e. The minimum Gasteiger partial charge on any atom is -0.312 e. The number of likely N-dealkylation sites (N-methyl/N-ethyl adjacent to an activating group) is 1. The predicted octanol–water partition coefficient (Wildman–Crippen LogP) is 4.17. The molecule has 1 heterocycles. The normalized spacial score (nSPS) is 16.3. The van der Waals surface area contributed by atoms with Gasteiger partial charge in [-0.1, -0.05) is 33.8 Å². The summed E-state index contributed by atoms with van der Waals surface area (Å²) in [6, 6.07) is 4.95. The minimum atomic E-state index is 0.225. The molecular weight excluding hydrogens is 264 g/mol. The first-order valence-corrected chi connectivity index (χ1v) is 9.01. The van der Waals surface area contributed by atoms with Crippen molar-refractivity contribution in [3.8, 4) is 0 Å². The van der Waals surface area contributed by atoms with Crippen LogP contribution in [0, 0.1) is 0 Å². The van der Waals surface area contributed by atoms with E-state index in [2.05, 4.69) is 62.3 Å². The Morgan fingerprint density at radius 2 is 1.95 bits per heavy atom. The number of hydrogen-bond donors (Lipinski definition) is 1. The topological polar surface area (TPSA) is 15.3 Å². The Labute approximate surface area is 129 Å². The fourth-order valence-electron chi connectivity index (χ4n) is 3.10. The Bertz CT molecular complexity index is 346. The molecule has 0 aliphatic carbocycles. The zero-order valence-corrected chi connectivity index (χ0v) is 14.7. The van der Waals surface area contributed by atoms with Crippen molar-refractivity contribution < 1.29 is 0 Å². The van der Waals surface area contributed by atoms with Crippen molar-refractivity contribution in [1.82, 2.24) is 10.2 Å². The molecule has 1 N–H and O–H groups in total. The number of thiophene rings is 1. The van der Waals surface area contributed by atoms with E-state index in [0.717, 1.165) is 26.1 Å². The van der Waals surface area contributed by atoms with Crippen molar-refractivity contribution in [2.24, 2.45) is 0 Å². The van der Waals surface area contributed by atoms with Gasteiger partial charge in [0.25, 0.3) is 0 Å². The molecule has 0 amide bonds. The number of nitrogens with zero attached hydrogens (tertiary/aromatic N) is 1. The van der Waals surface area contributed by atoms with E-state index in [-0.39, 0.29) is 5.54 Å². The average Bonchev–Trinajstić information content (AvgIpc) is 2.97. The van der Waals surface area contributed by atoms with Crippen LogP contribution in [0.5, 0.6) is 0 Å². The standard InChI is InChI=1S/C17H32N2S/c1-6-12-18-16(14-15-11-10-13-20-15)17(5,7-2)19(8-3)9-4/h10-11,13,16,18H,6-9,12,14H2,1-5H3. The molecule has 20 heavy (non-hydrogen) atoms. The highest BCUT2D eigenvalue weighted by Gasteiger charge is 2.36. The van der Waals surface area contributed by atoms with E-state index in [4.69, 9.17) is 0 Å². The molecule has 2 nitrogen and oxygen atoms in total. The van der Waals surface area contributed by atoms with Gasteiger partial charge in [0.2, 0.25) is 0 Å². The van der Waals surface area contributed by atoms with Crippen molar-refractivity contribution >= 4 is 11.3 Å². The van der Waals surface area contributed by atoms with Gasteiger partial charge in [0.05, 0.1) is 0 Å². The molecule has 2 atom stereocenters. The summed E-state index contributed by atoms with van der Waals surface area (Å²) in [6.07, 6.45) is 3.51. The third kappa shape index (κ3) is 4.31. The molecular formula is C17H32N2S. The zero-order valence-electron chi connectivity index (χ0n) is 13.9. The summed E-state index contributed by atoms with van der Waals surface area (Å²) in [5, 5.41) is 6.00. The second-order valence-electron chi connectivity index (χ2n) is 5.67. The maximum absolute atomic E-state index is 3.81. The second-order valence-corrected chi connectivity index (χ2v) is 6.71. The molecule has 1 rings (SSSR count). The second kappa shape index (κ2) is 8.81. The maximum atomic E-state index is 3.81. The van der Waals surface area contributed by atoms with Crippen LogP contribution in [0.15, 0.2) is 17.5 Å². The van der Waals surface area contributed by atoms with E-state index in [0.29, 0.717) is 6.04 Å². The lowest BCUT2D eigenvalue weighted by molar-refractivity contribution is 0.0704. The molecule has 3 heteroatoms. The van der Waals surface area contributed by atoms with E-state index >= 15 is 0 Å². The summed E-state index contributed by atoms with van der Waals surface area (Å²) in [5.41, 5.74) is 0.225. The van der Waals surface area contributed by atoms with Crippen LogP contribution in [0.3, 0.4) is 0 Å². The lowest BCUT2D eigenvalue weighted by atomic mass is 9.84. The van der Waals surface area contributed by atoms with E-state index in [9.17, 15) is 0 Å². The Balaban J connectivity index is 2.92. The van der Waals surface area contributed by atoms with Crippen LogP contribution in [0.2, 0.25) is 0 Å². The molecule has 0 aliphatic rings. The van der Waals surface area contributed by atoms with Gasteiger partial charge in [0.15, 0.2) is 0 Å². The number of nitrogens with one attached hydrogen (secondary N) is 1. The minimum absolute atomic E-state index is 0.225. The summed E-state index contributed by atoms with van der Waals surface area (Å²) < 4.78 is 0. The fourth-order valence-corrected chi connectivity index (χ4v) is 3.85. The Morgan fingerprint density at radius 3 is 2.40 bits per heavy atom. The summed E-state index contributed by atoms with van der Waals surface area (Å²) in [4.78, 5) is 4.11. The Morgan fingerprint density at radius 1 is 1.25 bits per heavy atom. The zero-order chi connectivity index (χ0) is 15.0. The van der Waals surface area contributed by atoms with Crippen molar-refractivity contribution in [1.29, 1.82) is 0 Å². The third-order valence-electron chi connectivity index (χ3n) is 4.58. The van der Waals surface area contributed by atoms with Gasteiger partial charge in [-0.3, -0.25) is 4.90 Å². The van der Waals surface area contributed by atoms with Gasteiger partial charge in [-0.05, 0) is 57.3 Å². The van der Waals surface area contributed by atoms with E-state index in [1.54, 1.807) is 0 Å². The first kappa shape index (κ1) is 17.7. The first-order valence-electron chi connectivity index (χ1n) is 8.13. The number of rotatable bonds is 10. The molecule has 116 valence electrons. The van der Waals surface area contributed by atoms with E-state index in [1.165, 1.54) is 17.7 Å². The van der Waals surface area contributed by atoms with Gasteiger partial charge in [-0.15, -0.1) is 11.3 Å². The van der Waals surface area contributed by atoms with Crippen LogP contribution in [0.4, 0.5) is 0 Å². The monoisotopic (exact) mass is 296 g/mol. The highest BCUT2D eigenvalue weighted by molar-refractivity contribution is 7.09. The largest absolute Gasteiger partial charge is 0.312 e. The first-order chi connectivity index (χ1) is 9.62. The SMILES string of the molecule is CCCNC(Cc1cccs1)C(C)(CC)N(CC)CC. The lowest BCUT2D eigenvalue weighted by Crippen LogP contribution is -2.60. The van der Waals surface area contributed by atoms with Crippen LogP contribution < -0.4 is 5.32 Å². The fraction of sp³-hybridized carbons (Fsp3) is 0.765. The number of hydrogen-bond acceptors (Lipinski definition) is 3. The molecule has 0 bridgehead atoms. The van der Waals surface area contributed by atoms with Crippen LogP contribution in [0.1, 0.15) is 52.3 Å².